The lowest BCUT2D eigenvalue weighted by atomic mass is 10.3. The molecule has 2 aromatic rings. The fourth-order valence-corrected chi connectivity index (χ4v) is 2.00. The molecule has 0 amide bonds. The van der Waals surface area contributed by atoms with Crippen molar-refractivity contribution in [1.82, 2.24) is 25.4 Å². The van der Waals surface area contributed by atoms with Crippen LogP contribution in [-0.4, -0.2) is 33.8 Å². The maximum absolute atomic E-state index is 4.37. The summed E-state index contributed by atoms with van der Waals surface area (Å²) in [6.07, 6.45) is 2.81. The van der Waals surface area contributed by atoms with Crippen molar-refractivity contribution in [1.29, 1.82) is 0 Å². The lowest BCUT2D eigenvalue weighted by Gasteiger charge is -2.15. The molecule has 1 aliphatic heterocycles. The molecule has 0 saturated heterocycles. The van der Waals surface area contributed by atoms with Gasteiger partial charge in [-0.2, -0.15) is 0 Å². The number of hydrogen-bond donors (Lipinski definition) is 2. The van der Waals surface area contributed by atoms with Gasteiger partial charge in [-0.1, -0.05) is 18.2 Å². The third-order valence-corrected chi connectivity index (χ3v) is 2.96. The summed E-state index contributed by atoms with van der Waals surface area (Å²) in [6, 6.07) is 10.1. The van der Waals surface area contributed by atoms with Gasteiger partial charge in [-0.3, -0.25) is 9.56 Å². The Morgan fingerprint density at radius 3 is 2.95 bits per heavy atom. The van der Waals surface area contributed by atoms with Crippen LogP contribution in [0.2, 0.25) is 0 Å². The summed E-state index contributed by atoms with van der Waals surface area (Å²) in [7, 11) is 0. The maximum Gasteiger partial charge on any atom is 0.191 e. The second-order valence-corrected chi connectivity index (χ2v) is 4.32. The summed E-state index contributed by atoms with van der Waals surface area (Å²) in [6.45, 7) is 2.44. The molecule has 6 nitrogen and oxygen atoms in total. The highest BCUT2D eigenvalue weighted by Gasteiger charge is 2.08. The third-order valence-electron chi connectivity index (χ3n) is 2.96. The number of hydrogen-bond acceptors (Lipinski definition) is 5. The number of nitrogens with one attached hydrogen (secondary N) is 2. The summed E-state index contributed by atoms with van der Waals surface area (Å²) in [5.41, 5.74) is 1.06. The molecule has 0 aliphatic carbocycles. The molecule has 98 valence electrons. The minimum Gasteiger partial charge on any atom is -0.356 e. The smallest absolute Gasteiger partial charge is 0.191 e. The zero-order valence-corrected chi connectivity index (χ0v) is 10.6. The van der Waals surface area contributed by atoms with Gasteiger partial charge < -0.3 is 10.6 Å². The number of rotatable bonds is 3. The van der Waals surface area contributed by atoms with Crippen molar-refractivity contribution in [3.05, 3.63) is 42.5 Å². The lowest BCUT2D eigenvalue weighted by Crippen LogP contribution is -2.40. The first-order valence-electron chi connectivity index (χ1n) is 6.40. The Morgan fingerprint density at radius 1 is 1.26 bits per heavy atom. The van der Waals surface area contributed by atoms with Crippen LogP contribution in [0.15, 0.2) is 41.7 Å². The van der Waals surface area contributed by atoms with Crippen molar-refractivity contribution in [2.24, 2.45) is 4.99 Å². The molecule has 0 spiro atoms. The van der Waals surface area contributed by atoms with E-state index in [0.29, 0.717) is 6.54 Å². The van der Waals surface area contributed by atoms with Crippen LogP contribution in [0.1, 0.15) is 12.2 Å². The number of nitrogens with zero attached hydrogens (tertiary/aromatic N) is 4. The predicted molar refractivity (Wildman–Crippen MR) is 73.1 cm³/mol. The summed E-state index contributed by atoms with van der Waals surface area (Å²) in [5.74, 6) is 1.70. The van der Waals surface area contributed by atoms with Gasteiger partial charge in [0.15, 0.2) is 11.8 Å². The van der Waals surface area contributed by atoms with Gasteiger partial charge in [-0.15, -0.1) is 10.2 Å². The Bertz CT molecular complexity index is 560. The maximum atomic E-state index is 4.37. The van der Waals surface area contributed by atoms with Gasteiger partial charge in [-0.05, 0) is 18.6 Å². The average Bonchev–Trinajstić information content (AvgIpc) is 2.95. The molecule has 0 atom stereocenters. The van der Waals surface area contributed by atoms with E-state index in [-0.39, 0.29) is 0 Å². The predicted octanol–water partition coefficient (Wildman–Crippen LogP) is 0.706. The Hall–Kier alpha value is -2.37. The molecule has 0 unspecified atom stereocenters. The topological polar surface area (TPSA) is 67.1 Å². The zero-order chi connectivity index (χ0) is 12.9. The van der Waals surface area contributed by atoms with E-state index in [1.165, 1.54) is 0 Å². The summed E-state index contributed by atoms with van der Waals surface area (Å²) >= 11 is 0. The van der Waals surface area contributed by atoms with Crippen molar-refractivity contribution >= 4 is 5.96 Å². The van der Waals surface area contributed by atoms with E-state index in [2.05, 4.69) is 25.8 Å². The van der Waals surface area contributed by atoms with Gasteiger partial charge in [0.1, 0.15) is 6.33 Å². The molecule has 2 N–H and O–H groups in total. The molecule has 0 fully saturated rings. The Morgan fingerprint density at radius 2 is 2.16 bits per heavy atom. The van der Waals surface area contributed by atoms with Crippen LogP contribution < -0.4 is 10.6 Å². The van der Waals surface area contributed by atoms with Crippen molar-refractivity contribution in [3.8, 4) is 5.69 Å². The Labute approximate surface area is 111 Å². The molecule has 2 heterocycles. The van der Waals surface area contributed by atoms with Crippen molar-refractivity contribution in [2.45, 2.75) is 13.0 Å². The van der Waals surface area contributed by atoms with Crippen molar-refractivity contribution in [3.63, 3.8) is 0 Å². The lowest BCUT2D eigenvalue weighted by molar-refractivity contribution is 0.688. The minimum absolute atomic E-state index is 0.598. The zero-order valence-electron chi connectivity index (χ0n) is 10.6. The van der Waals surface area contributed by atoms with Crippen molar-refractivity contribution < 1.29 is 0 Å². The van der Waals surface area contributed by atoms with E-state index < -0.39 is 0 Å². The fraction of sp³-hybridized carbons (Fsp3) is 0.308. The molecule has 1 aromatic heterocycles. The van der Waals surface area contributed by atoms with Crippen LogP contribution in [0, 0.1) is 0 Å². The highest BCUT2D eigenvalue weighted by atomic mass is 15.3. The van der Waals surface area contributed by atoms with Crippen molar-refractivity contribution in [2.75, 3.05) is 13.1 Å². The SMILES string of the molecule is c1ccc(-n2cnnc2CNC2=NCCCN2)cc1. The number of benzene rings is 1. The van der Waals surface area contributed by atoms with E-state index >= 15 is 0 Å². The van der Waals surface area contributed by atoms with E-state index in [0.717, 1.165) is 37.0 Å². The molecule has 0 radical (unpaired) electrons. The fourth-order valence-electron chi connectivity index (χ4n) is 2.00. The number of aromatic nitrogens is 3. The summed E-state index contributed by atoms with van der Waals surface area (Å²) in [5, 5.41) is 14.6. The van der Waals surface area contributed by atoms with E-state index in [1.54, 1.807) is 6.33 Å². The first-order chi connectivity index (χ1) is 9.43. The molecule has 1 aromatic carbocycles. The second kappa shape index (κ2) is 5.51. The standard InChI is InChI=1S/C13H16N6/c1-2-5-11(6-3-1)19-10-17-18-12(19)9-16-13-14-7-4-8-15-13/h1-3,5-6,10H,4,7-9H2,(H2,14,15,16). The van der Waals surface area contributed by atoms with Crippen LogP contribution in [0.3, 0.4) is 0 Å². The highest BCUT2D eigenvalue weighted by molar-refractivity contribution is 5.80. The summed E-state index contributed by atoms with van der Waals surface area (Å²) < 4.78 is 1.97. The van der Waals surface area contributed by atoms with Crippen LogP contribution in [0.4, 0.5) is 0 Å². The second-order valence-electron chi connectivity index (χ2n) is 4.32. The van der Waals surface area contributed by atoms with Gasteiger partial charge in [-0.25, -0.2) is 0 Å². The van der Waals surface area contributed by atoms with Gasteiger partial charge in [0.25, 0.3) is 0 Å². The Balaban J connectivity index is 1.72. The van der Waals surface area contributed by atoms with Crippen LogP contribution in [-0.2, 0) is 6.54 Å². The third kappa shape index (κ3) is 2.73. The van der Waals surface area contributed by atoms with Crippen LogP contribution in [0.5, 0.6) is 0 Å². The van der Waals surface area contributed by atoms with E-state index in [9.17, 15) is 0 Å². The number of aliphatic imine (C=N–C) groups is 1. The molecule has 0 bridgehead atoms. The van der Waals surface area contributed by atoms with Crippen LogP contribution >= 0.6 is 0 Å². The number of guanidine groups is 1. The monoisotopic (exact) mass is 256 g/mol. The summed E-state index contributed by atoms with van der Waals surface area (Å²) in [4.78, 5) is 4.37. The average molecular weight is 256 g/mol. The van der Waals surface area contributed by atoms with E-state index in [1.807, 2.05) is 34.9 Å². The first kappa shape index (κ1) is 11.7. The molecular weight excluding hydrogens is 240 g/mol. The van der Waals surface area contributed by atoms with Gasteiger partial charge in [0, 0.05) is 18.8 Å². The van der Waals surface area contributed by atoms with Gasteiger partial charge >= 0.3 is 0 Å². The minimum atomic E-state index is 0.598. The Kier molecular flexibility index (Phi) is 3.40. The quantitative estimate of drug-likeness (QED) is 0.848. The van der Waals surface area contributed by atoms with Crippen LogP contribution in [0.25, 0.3) is 5.69 Å². The van der Waals surface area contributed by atoms with Gasteiger partial charge in [0.2, 0.25) is 0 Å². The molecule has 19 heavy (non-hydrogen) atoms. The largest absolute Gasteiger partial charge is 0.356 e. The number of para-hydroxylation sites is 1. The first-order valence-corrected chi connectivity index (χ1v) is 6.40. The molecule has 3 rings (SSSR count). The molecule has 1 aliphatic rings. The van der Waals surface area contributed by atoms with Gasteiger partial charge in [0.05, 0.1) is 6.54 Å². The normalized spacial score (nSPS) is 14.6. The molecule has 6 heteroatoms. The molecule has 0 saturated carbocycles. The molecular formula is C13H16N6. The van der Waals surface area contributed by atoms with E-state index in [4.69, 9.17) is 0 Å². The highest BCUT2D eigenvalue weighted by Crippen LogP contribution is 2.08.